The fraction of sp³-hybridized carbons (Fsp3) is 0.929. The largest absolute Gasteiger partial charge is 0.351 e. The Morgan fingerprint density at radius 3 is 1.47 bits per heavy atom. The maximum absolute atomic E-state index is 12.1. The molecule has 0 aromatic rings. The minimum atomic E-state index is -0.347. The van der Waals surface area contributed by atoms with Crippen molar-refractivity contribution in [2.75, 3.05) is 6.16 Å². The Labute approximate surface area is 109 Å². The van der Waals surface area contributed by atoms with Gasteiger partial charge in [0, 0.05) is 11.7 Å². The van der Waals surface area contributed by atoms with Gasteiger partial charge < -0.3 is 5.32 Å². The van der Waals surface area contributed by atoms with Crippen LogP contribution in [0.4, 0.5) is 0 Å². The standard InChI is InChI=1S/C14H30NOP/c1-12(2,3)15-11(16)10-17(13(4,5)6)14(7,8)9/h10H2,1-9H3,(H,15,16). The molecule has 0 radical (unpaired) electrons. The first-order chi connectivity index (χ1) is 7.23. The smallest absolute Gasteiger partial charge is 0.224 e. The zero-order chi connectivity index (χ0) is 14.1. The van der Waals surface area contributed by atoms with Crippen molar-refractivity contribution in [3.63, 3.8) is 0 Å². The first-order valence-electron chi connectivity index (χ1n) is 6.32. The van der Waals surface area contributed by atoms with E-state index in [2.05, 4.69) is 46.9 Å². The second-order valence-corrected chi connectivity index (χ2v) is 11.6. The number of amides is 1. The Bertz CT molecular complexity index is 251. The molecule has 1 amide bonds. The first-order valence-corrected chi connectivity index (χ1v) is 7.85. The molecular weight excluding hydrogens is 229 g/mol. The van der Waals surface area contributed by atoms with E-state index in [0.717, 1.165) is 0 Å². The van der Waals surface area contributed by atoms with Crippen molar-refractivity contribution in [1.82, 2.24) is 5.32 Å². The van der Waals surface area contributed by atoms with Crippen LogP contribution in [0.15, 0.2) is 0 Å². The fourth-order valence-electron chi connectivity index (χ4n) is 2.08. The number of carbonyl (C=O) groups excluding carboxylic acids is 1. The van der Waals surface area contributed by atoms with E-state index in [-0.39, 0.29) is 29.7 Å². The Balaban J connectivity index is 4.75. The third-order valence-electron chi connectivity index (χ3n) is 2.44. The summed E-state index contributed by atoms with van der Waals surface area (Å²) in [6, 6.07) is 0. The van der Waals surface area contributed by atoms with Crippen molar-refractivity contribution < 1.29 is 4.79 Å². The minimum absolute atomic E-state index is 0.131. The summed E-state index contributed by atoms with van der Waals surface area (Å²) in [6.45, 7) is 19.6. The van der Waals surface area contributed by atoms with Gasteiger partial charge in [-0.15, -0.1) is 0 Å². The highest BCUT2D eigenvalue weighted by atomic mass is 31.1. The van der Waals surface area contributed by atoms with E-state index in [4.69, 9.17) is 0 Å². The van der Waals surface area contributed by atoms with Gasteiger partial charge in [-0.05, 0) is 31.1 Å². The van der Waals surface area contributed by atoms with E-state index >= 15 is 0 Å². The maximum atomic E-state index is 12.1. The summed E-state index contributed by atoms with van der Waals surface area (Å²) in [5.74, 6) is 0.188. The van der Waals surface area contributed by atoms with Gasteiger partial charge in [0.1, 0.15) is 0 Å². The highest BCUT2D eigenvalue weighted by Crippen LogP contribution is 2.58. The van der Waals surface area contributed by atoms with Gasteiger partial charge in [-0.2, -0.15) is 0 Å². The van der Waals surface area contributed by atoms with Crippen LogP contribution < -0.4 is 5.32 Å². The van der Waals surface area contributed by atoms with Gasteiger partial charge in [-0.1, -0.05) is 49.5 Å². The molecule has 0 atom stereocenters. The van der Waals surface area contributed by atoms with Gasteiger partial charge >= 0.3 is 0 Å². The average molecular weight is 259 g/mol. The number of hydrogen-bond donors (Lipinski definition) is 1. The molecule has 0 saturated carbocycles. The van der Waals surface area contributed by atoms with Crippen molar-refractivity contribution in [2.45, 2.75) is 78.2 Å². The first kappa shape index (κ1) is 16.9. The van der Waals surface area contributed by atoms with Crippen molar-refractivity contribution in [3.8, 4) is 0 Å². The van der Waals surface area contributed by atoms with Gasteiger partial charge in [0.25, 0.3) is 0 Å². The topological polar surface area (TPSA) is 29.1 Å². The molecule has 102 valence electrons. The van der Waals surface area contributed by atoms with Gasteiger partial charge in [0.15, 0.2) is 0 Å². The van der Waals surface area contributed by atoms with E-state index in [1.807, 2.05) is 20.8 Å². The van der Waals surface area contributed by atoms with Crippen LogP contribution in [0.1, 0.15) is 62.3 Å². The second kappa shape index (κ2) is 5.26. The predicted molar refractivity (Wildman–Crippen MR) is 79.2 cm³/mol. The van der Waals surface area contributed by atoms with Crippen LogP contribution in [0.25, 0.3) is 0 Å². The van der Waals surface area contributed by atoms with E-state index < -0.39 is 0 Å². The molecule has 0 spiro atoms. The number of nitrogens with one attached hydrogen (secondary N) is 1. The lowest BCUT2D eigenvalue weighted by Crippen LogP contribution is -2.43. The molecule has 17 heavy (non-hydrogen) atoms. The van der Waals surface area contributed by atoms with Gasteiger partial charge in [-0.3, -0.25) is 4.79 Å². The molecule has 3 heteroatoms. The van der Waals surface area contributed by atoms with E-state index in [0.29, 0.717) is 6.16 Å². The van der Waals surface area contributed by atoms with Crippen LogP contribution in [-0.2, 0) is 4.79 Å². The van der Waals surface area contributed by atoms with Crippen molar-refractivity contribution >= 4 is 13.8 Å². The van der Waals surface area contributed by atoms with E-state index in [1.54, 1.807) is 0 Å². The number of hydrogen-bond acceptors (Lipinski definition) is 1. The molecule has 0 aliphatic heterocycles. The Kier molecular flexibility index (Phi) is 5.23. The van der Waals surface area contributed by atoms with E-state index in [9.17, 15) is 4.79 Å². The normalized spacial score (nSPS) is 14.0. The molecule has 2 nitrogen and oxygen atoms in total. The van der Waals surface area contributed by atoms with Crippen LogP contribution in [0.5, 0.6) is 0 Å². The molecule has 0 saturated heterocycles. The van der Waals surface area contributed by atoms with Crippen molar-refractivity contribution in [2.24, 2.45) is 0 Å². The average Bonchev–Trinajstić information content (AvgIpc) is 1.91. The zero-order valence-corrected chi connectivity index (χ0v) is 14.0. The molecule has 0 aliphatic rings. The Hall–Kier alpha value is -0.100. The molecule has 0 aliphatic carbocycles. The highest BCUT2D eigenvalue weighted by Gasteiger charge is 2.36. The van der Waals surface area contributed by atoms with E-state index in [1.165, 1.54) is 0 Å². The van der Waals surface area contributed by atoms with Crippen LogP contribution in [0, 0.1) is 0 Å². The lowest BCUT2D eigenvalue weighted by molar-refractivity contribution is -0.120. The molecule has 0 rings (SSSR count). The summed E-state index contributed by atoms with van der Waals surface area (Å²) in [7, 11) is -0.347. The monoisotopic (exact) mass is 259 g/mol. The Morgan fingerprint density at radius 2 is 1.24 bits per heavy atom. The summed E-state index contributed by atoms with van der Waals surface area (Å²) in [4.78, 5) is 12.1. The third kappa shape index (κ3) is 7.03. The lowest BCUT2D eigenvalue weighted by atomic mass is 10.1. The summed E-state index contributed by atoms with van der Waals surface area (Å²) in [6.07, 6.45) is 0.666. The van der Waals surface area contributed by atoms with Crippen LogP contribution in [-0.4, -0.2) is 27.9 Å². The van der Waals surface area contributed by atoms with Gasteiger partial charge in [0.05, 0.1) is 0 Å². The third-order valence-corrected chi connectivity index (χ3v) is 6.28. The summed E-state index contributed by atoms with van der Waals surface area (Å²) in [5.41, 5.74) is -0.131. The SMILES string of the molecule is CC(C)(C)NC(=O)CP(C(C)(C)C)C(C)(C)C. The molecule has 1 N–H and O–H groups in total. The van der Waals surface area contributed by atoms with Crippen LogP contribution in [0.3, 0.4) is 0 Å². The van der Waals surface area contributed by atoms with Crippen molar-refractivity contribution in [1.29, 1.82) is 0 Å². The molecule has 0 aromatic carbocycles. The quantitative estimate of drug-likeness (QED) is 0.747. The zero-order valence-electron chi connectivity index (χ0n) is 13.1. The molecule has 0 unspecified atom stereocenters. The number of rotatable bonds is 2. The maximum Gasteiger partial charge on any atom is 0.224 e. The minimum Gasteiger partial charge on any atom is -0.351 e. The van der Waals surface area contributed by atoms with Gasteiger partial charge in [-0.25, -0.2) is 0 Å². The fourth-order valence-corrected chi connectivity index (χ4v) is 5.41. The highest BCUT2D eigenvalue weighted by molar-refractivity contribution is 7.61. The van der Waals surface area contributed by atoms with Gasteiger partial charge in [0.2, 0.25) is 5.91 Å². The second-order valence-electron chi connectivity index (χ2n) is 7.73. The summed E-state index contributed by atoms with van der Waals surface area (Å²) in [5, 5.41) is 3.49. The lowest BCUT2D eigenvalue weighted by Gasteiger charge is -2.41. The van der Waals surface area contributed by atoms with Crippen molar-refractivity contribution in [3.05, 3.63) is 0 Å². The Morgan fingerprint density at radius 1 is 0.882 bits per heavy atom. The molecule has 0 aromatic heterocycles. The van der Waals surface area contributed by atoms with Crippen LogP contribution in [0.2, 0.25) is 0 Å². The summed E-state index contributed by atoms with van der Waals surface area (Å²) < 4.78 is 0. The van der Waals surface area contributed by atoms with Crippen LogP contribution >= 0.6 is 7.92 Å². The molecule has 0 heterocycles. The predicted octanol–water partition coefficient (Wildman–Crippen LogP) is 3.98. The molecule has 0 fully saturated rings. The number of carbonyl (C=O) groups is 1. The molecular formula is C14H30NOP. The molecule has 0 bridgehead atoms. The summed E-state index contributed by atoms with van der Waals surface area (Å²) >= 11 is 0.